The van der Waals surface area contributed by atoms with Crippen molar-refractivity contribution in [3.05, 3.63) is 101 Å². The first-order valence-electron chi connectivity index (χ1n) is 14.4. The molecular formula is C34H34N2O5. The van der Waals surface area contributed by atoms with Gasteiger partial charge in [-0.15, -0.1) is 0 Å². The zero-order chi connectivity index (χ0) is 28.8. The molecule has 0 aromatic heterocycles. The minimum absolute atomic E-state index is 0.00722. The number of benzene rings is 3. The molecule has 0 unspecified atom stereocenters. The van der Waals surface area contributed by atoms with Crippen LogP contribution in [0.5, 0.6) is 0 Å². The Labute approximate surface area is 239 Å². The molecule has 1 heterocycles. The third kappa shape index (κ3) is 4.53. The molecule has 3 aromatic carbocycles. The third-order valence-corrected chi connectivity index (χ3v) is 8.75. The number of ether oxygens (including phenoxy) is 1. The summed E-state index contributed by atoms with van der Waals surface area (Å²) in [5, 5.41) is 2.73. The summed E-state index contributed by atoms with van der Waals surface area (Å²) in [4.78, 5) is 55.5. The quantitative estimate of drug-likeness (QED) is 0.314. The van der Waals surface area contributed by atoms with Gasteiger partial charge in [-0.25, -0.2) is 4.79 Å². The van der Waals surface area contributed by atoms with E-state index in [1.807, 2.05) is 81.4 Å². The molecule has 7 nitrogen and oxygen atoms in total. The second-order valence-electron chi connectivity index (χ2n) is 11.7. The number of aryl methyl sites for hydroxylation is 1. The molecule has 7 heteroatoms. The molecule has 1 aliphatic heterocycles. The van der Waals surface area contributed by atoms with E-state index in [4.69, 9.17) is 4.74 Å². The first kappa shape index (κ1) is 26.9. The standard InChI is InChI=1S/C34H34N2O5/c1-4-20-13-15-21(16-14-20)35-27(37)18-41-34(40)26(17-19(2)3)36-32(38)30-28-22-9-5-6-10-23(22)29(31(30)33(36)39)25-12-8-7-11-24(25)28/h5-16,19,26,28-31H,4,17-18H2,1-3H3,(H,35,37)/t26-,28?,29?,30-,31-/m0/s1. The number of carbonyl (C=O) groups excluding carboxylic acids is 4. The Morgan fingerprint density at radius 2 is 1.29 bits per heavy atom. The van der Waals surface area contributed by atoms with Crippen LogP contribution in [-0.4, -0.2) is 41.2 Å². The molecule has 41 heavy (non-hydrogen) atoms. The molecule has 1 saturated heterocycles. The molecule has 7 rings (SSSR count). The van der Waals surface area contributed by atoms with E-state index in [2.05, 4.69) is 5.32 Å². The molecule has 210 valence electrons. The Bertz CT molecular complexity index is 1410. The lowest BCUT2D eigenvalue weighted by molar-refractivity contribution is -0.160. The number of rotatable bonds is 8. The predicted molar refractivity (Wildman–Crippen MR) is 154 cm³/mol. The summed E-state index contributed by atoms with van der Waals surface area (Å²) in [5.41, 5.74) is 6.05. The lowest BCUT2D eigenvalue weighted by atomic mass is 9.55. The largest absolute Gasteiger partial charge is 0.454 e. The maximum Gasteiger partial charge on any atom is 0.329 e. The van der Waals surface area contributed by atoms with E-state index in [0.717, 1.165) is 39.1 Å². The summed E-state index contributed by atoms with van der Waals surface area (Å²) in [6, 6.07) is 22.4. The lowest BCUT2D eigenvalue weighted by Gasteiger charge is -2.45. The van der Waals surface area contributed by atoms with Crippen molar-refractivity contribution in [3.8, 4) is 0 Å². The molecule has 3 aromatic rings. The highest BCUT2D eigenvalue weighted by atomic mass is 16.5. The Morgan fingerprint density at radius 3 is 1.73 bits per heavy atom. The van der Waals surface area contributed by atoms with Gasteiger partial charge < -0.3 is 10.1 Å². The number of imide groups is 1. The summed E-state index contributed by atoms with van der Waals surface area (Å²) in [7, 11) is 0. The van der Waals surface area contributed by atoms with Crippen molar-refractivity contribution >= 4 is 29.4 Å². The van der Waals surface area contributed by atoms with Gasteiger partial charge in [-0.3, -0.25) is 19.3 Å². The van der Waals surface area contributed by atoms with Crippen molar-refractivity contribution in [1.82, 2.24) is 4.90 Å². The number of esters is 1. The van der Waals surface area contributed by atoms with Crippen molar-refractivity contribution in [3.63, 3.8) is 0 Å². The minimum Gasteiger partial charge on any atom is -0.454 e. The Morgan fingerprint density at radius 1 is 0.805 bits per heavy atom. The fourth-order valence-corrected chi connectivity index (χ4v) is 7.01. The van der Waals surface area contributed by atoms with Crippen molar-refractivity contribution in [1.29, 1.82) is 0 Å². The van der Waals surface area contributed by atoms with Gasteiger partial charge in [0.05, 0.1) is 11.8 Å². The van der Waals surface area contributed by atoms with Crippen LogP contribution in [0.4, 0.5) is 5.69 Å². The Kier molecular flexibility index (Phi) is 6.98. The Hall–Kier alpha value is -4.26. The smallest absolute Gasteiger partial charge is 0.329 e. The first-order valence-corrected chi connectivity index (χ1v) is 14.4. The highest BCUT2D eigenvalue weighted by Crippen LogP contribution is 2.61. The van der Waals surface area contributed by atoms with Gasteiger partial charge in [0.2, 0.25) is 11.8 Å². The van der Waals surface area contributed by atoms with Crippen LogP contribution in [0, 0.1) is 17.8 Å². The molecule has 1 fully saturated rings. The summed E-state index contributed by atoms with van der Waals surface area (Å²) in [6.07, 6.45) is 1.14. The number of anilines is 1. The van der Waals surface area contributed by atoms with Crippen LogP contribution in [0.1, 0.15) is 66.8 Å². The van der Waals surface area contributed by atoms with Gasteiger partial charge in [0, 0.05) is 17.5 Å². The first-order chi connectivity index (χ1) is 19.8. The number of nitrogens with one attached hydrogen (secondary N) is 1. The maximum absolute atomic E-state index is 14.1. The molecule has 3 aliphatic carbocycles. The van der Waals surface area contributed by atoms with Crippen LogP contribution in [-0.2, 0) is 30.3 Å². The Balaban J connectivity index is 1.25. The van der Waals surface area contributed by atoms with Gasteiger partial charge in [0.25, 0.3) is 5.91 Å². The van der Waals surface area contributed by atoms with Crippen LogP contribution in [0.15, 0.2) is 72.8 Å². The number of hydrogen-bond acceptors (Lipinski definition) is 5. The van der Waals surface area contributed by atoms with E-state index >= 15 is 0 Å². The zero-order valence-electron chi connectivity index (χ0n) is 23.5. The number of nitrogens with zero attached hydrogens (tertiary/aromatic N) is 1. The maximum atomic E-state index is 14.1. The second-order valence-corrected chi connectivity index (χ2v) is 11.7. The topological polar surface area (TPSA) is 92.8 Å². The van der Waals surface area contributed by atoms with Crippen LogP contribution < -0.4 is 5.32 Å². The number of amides is 3. The van der Waals surface area contributed by atoms with Crippen LogP contribution in [0.2, 0.25) is 0 Å². The van der Waals surface area contributed by atoms with Gasteiger partial charge in [-0.2, -0.15) is 0 Å². The summed E-state index contributed by atoms with van der Waals surface area (Å²) < 4.78 is 5.44. The van der Waals surface area contributed by atoms with E-state index in [1.54, 1.807) is 12.1 Å². The molecule has 3 atom stereocenters. The van der Waals surface area contributed by atoms with Gasteiger partial charge in [-0.05, 0) is 58.7 Å². The summed E-state index contributed by atoms with van der Waals surface area (Å²) in [5.74, 6) is -3.53. The number of carbonyl (C=O) groups is 4. The van der Waals surface area contributed by atoms with Crippen LogP contribution >= 0.6 is 0 Å². The van der Waals surface area contributed by atoms with E-state index < -0.39 is 36.4 Å². The normalized spacial score (nSPS) is 22.7. The highest BCUT2D eigenvalue weighted by molar-refractivity contribution is 6.10. The van der Waals surface area contributed by atoms with Crippen LogP contribution in [0.3, 0.4) is 0 Å². The van der Waals surface area contributed by atoms with Crippen molar-refractivity contribution in [2.45, 2.75) is 51.5 Å². The van der Waals surface area contributed by atoms with Gasteiger partial charge in [0.15, 0.2) is 6.61 Å². The predicted octanol–water partition coefficient (Wildman–Crippen LogP) is 5.04. The lowest BCUT2D eigenvalue weighted by Crippen LogP contribution is -2.47. The third-order valence-electron chi connectivity index (χ3n) is 8.75. The van der Waals surface area contributed by atoms with E-state index in [0.29, 0.717) is 5.69 Å². The molecular weight excluding hydrogens is 516 g/mol. The molecule has 0 saturated carbocycles. The van der Waals surface area contributed by atoms with Gasteiger partial charge >= 0.3 is 5.97 Å². The molecule has 0 spiro atoms. The minimum atomic E-state index is -1.09. The molecule has 4 aliphatic rings. The number of likely N-dealkylation sites (tertiary alicyclic amines) is 1. The van der Waals surface area contributed by atoms with E-state index in [-0.39, 0.29) is 36.0 Å². The van der Waals surface area contributed by atoms with Crippen molar-refractivity contribution in [2.24, 2.45) is 17.8 Å². The van der Waals surface area contributed by atoms with Crippen molar-refractivity contribution in [2.75, 3.05) is 11.9 Å². The van der Waals surface area contributed by atoms with Crippen molar-refractivity contribution < 1.29 is 23.9 Å². The van der Waals surface area contributed by atoms with E-state index in [1.165, 1.54) is 0 Å². The summed E-state index contributed by atoms with van der Waals surface area (Å²) >= 11 is 0. The molecule has 0 radical (unpaired) electrons. The van der Waals surface area contributed by atoms with Gasteiger partial charge in [-0.1, -0.05) is 81.4 Å². The second kappa shape index (κ2) is 10.6. The summed E-state index contributed by atoms with van der Waals surface area (Å²) in [6.45, 7) is 5.41. The molecule has 2 bridgehead atoms. The SMILES string of the molecule is CCc1ccc(NC(=O)COC(=O)[C@H](CC(C)C)N2C(=O)[C@H]3C4c5ccccc5C(c5ccccc54)[C@@H]3C2=O)cc1. The highest BCUT2D eigenvalue weighted by Gasteiger charge is 2.63. The average molecular weight is 551 g/mol. The average Bonchev–Trinajstić information content (AvgIpc) is 3.24. The van der Waals surface area contributed by atoms with Crippen LogP contribution in [0.25, 0.3) is 0 Å². The van der Waals surface area contributed by atoms with E-state index in [9.17, 15) is 19.2 Å². The van der Waals surface area contributed by atoms with Gasteiger partial charge in [0.1, 0.15) is 6.04 Å². The molecule has 1 N–H and O–H groups in total. The fourth-order valence-electron chi connectivity index (χ4n) is 7.01. The number of hydrogen-bond donors (Lipinski definition) is 1. The fraction of sp³-hybridized carbons (Fsp3) is 0.353. The zero-order valence-corrected chi connectivity index (χ0v) is 23.5. The molecule has 3 amide bonds. The monoisotopic (exact) mass is 550 g/mol.